The highest BCUT2D eigenvalue weighted by Crippen LogP contribution is 2.20. The van der Waals surface area contributed by atoms with E-state index in [4.69, 9.17) is 4.74 Å². The van der Waals surface area contributed by atoms with E-state index in [-0.39, 0.29) is 5.97 Å². The molecule has 0 aliphatic carbocycles. The number of rotatable bonds is 5. The van der Waals surface area contributed by atoms with Crippen LogP contribution < -0.4 is 0 Å². The summed E-state index contributed by atoms with van der Waals surface area (Å²) in [6, 6.07) is 0. The topological polar surface area (TPSA) is 39.2 Å². The first-order chi connectivity index (χ1) is 7.69. The fourth-order valence-corrected chi connectivity index (χ4v) is 2.28. The first-order valence-electron chi connectivity index (χ1n) is 5.06. The highest BCUT2D eigenvalue weighted by molar-refractivity contribution is 9.09. The number of nitrogens with zero attached hydrogens (tertiary/aromatic N) is 1. The second-order valence-electron chi connectivity index (χ2n) is 3.07. The maximum Gasteiger partial charge on any atom is 0.350 e. The monoisotopic (exact) mass is 303 g/mol. The maximum atomic E-state index is 11.5. The van der Waals surface area contributed by atoms with Gasteiger partial charge < -0.3 is 4.74 Å². The minimum absolute atomic E-state index is 0.280. The summed E-state index contributed by atoms with van der Waals surface area (Å²) in [7, 11) is 0. The first kappa shape index (κ1) is 13.4. The van der Waals surface area contributed by atoms with Crippen LogP contribution in [0.25, 0.3) is 6.08 Å². The number of aromatic nitrogens is 1. The normalized spacial score (nSPS) is 10.9. The number of halogens is 1. The van der Waals surface area contributed by atoms with Gasteiger partial charge in [0.1, 0.15) is 9.88 Å². The Hall–Kier alpha value is -0.680. The number of hydrogen-bond acceptors (Lipinski definition) is 4. The van der Waals surface area contributed by atoms with Crippen molar-refractivity contribution >= 4 is 39.3 Å². The van der Waals surface area contributed by atoms with Crippen molar-refractivity contribution in [3.05, 3.63) is 21.7 Å². The third-order valence-corrected chi connectivity index (χ3v) is 3.37. The van der Waals surface area contributed by atoms with Gasteiger partial charge >= 0.3 is 5.97 Å². The quantitative estimate of drug-likeness (QED) is 0.618. The van der Waals surface area contributed by atoms with E-state index in [2.05, 4.69) is 20.9 Å². The molecule has 1 aromatic rings. The van der Waals surface area contributed by atoms with Crippen molar-refractivity contribution in [2.24, 2.45) is 0 Å². The van der Waals surface area contributed by atoms with Gasteiger partial charge in [-0.3, -0.25) is 0 Å². The zero-order valence-electron chi connectivity index (χ0n) is 9.33. The smallest absolute Gasteiger partial charge is 0.350 e. The van der Waals surface area contributed by atoms with E-state index in [9.17, 15) is 4.79 Å². The molecule has 0 saturated carbocycles. The maximum absolute atomic E-state index is 11.5. The molecule has 0 aliphatic rings. The Balaban J connectivity index is 2.77. The molecule has 0 atom stereocenters. The van der Waals surface area contributed by atoms with E-state index < -0.39 is 0 Å². The Morgan fingerprint density at radius 1 is 1.62 bits per heavy atom. The van der Waals surface area contributed by atoms with Gasteiger partial charge in [-0.2, -0.15) is 0 Å². The lowest BCUT2D eigenvalue weighted by molar-refractivity contribution is 0.0531. The largest absolute Gasteiger partial charge is 0.462 e. The molecule has 3 nitrogen and oxygen atoms in total. The molecular weight excluding hydrogens is 290 g/mol. The van der Waals surface area contributed by atoms with Crippen molar-refractivity contribution in [2.45, 2.75) is 20.3 Å². The van der Waals surface area contributed by atoms with Crippen molar-refractivity contribution in [3.8, 4) is 0 Å². The van der Waals surface area contributed by atoms with E-state index in [0.29, 0.717) is 11.5 Å². The summed E-state index contributed by atoms with van der Waals surface area (Å²) >= 11 is 4.71. The van der Waals surface area contributed by atoms with Gasteiger partial charge in [-0.05, 0) is 26.3 Å². The first-order valence-corrected chi connectivity index (χ1v) is 6.99. The molecule has 0 aromatic carbocycles. The number of carbonyl (C=O) groups is 1. The van der Waals surface area contributed by atoms with Gasteiger partial charge in [0, 0.05) is 5.33 Å². The Morgan fingerprint density at radius 3 is 3.00 bits per heavy atom. The molecule has 0 amide bonds. The number of ether oxygens (including phenoxy) is 1. The average molecular weight is 304 g/mol. The third kappa shape index (κ3) is 3.72. The molecule has 0 aliphatic heterocycles. The summed E-state index contributed by atoms with van der Waals surface area (Å²) in [5.74, 6) is -0.280. The highest BCUT2D eigenvalue weighted by Gasteiger charge is 2.14. The minimum Gasteiger partial charge on any atom is -0.462 e. The van der Waals surface area contributed by atoms with Crippen molar-refractivity contribution in [1.82, 2.24) is 4.98 Å². The SMILES string of the molecule is CCOC(=O)c1sc(C=CCCBr)nc1C. The van der Waals surface area contributed by atoms with Crippen molar-refractivity contribution in [3.63, 3.8) is 0 Å². The number of carbonyl (C=O) groups excluding carboxylic acids is 1. The van der Waals surface area contributed by atoms with Crippen LogP contribution in [-0.4, -0.2) is 22.9 Å². The Kier molecular flexibility index (Phi) is 5.69. The second-order valence-corrected chi connectivity index (χ2v) is 4.89. The zero-order valence-corrected chi connectivity index (χ0v) is 11.7. The molecule has 0 spiro atoms. The number of aryl methyl sites for hydroxylation is 1. The molecule has 1 heterocycles. The number of esters is 1. The van der Waals surface area contributed by atoms with Crippen LogP contribution in [0.3, 0.4) is 0 Å². The number of thiazole rings is 1. The van der Waals surface area contributed by atoms with Gasteiger partial charge in [0.25, 0.3) is 0 Å². The second kappa shape index (κ2) is 6.81. The molecule has 88 valence electrons. The lowest BCUT2D eigenvalue weighted by Gasteiger charge is -1.97. The van der Waals surface area contributed by atoms with Crippen LogP contribution in [0.5, 0.6) is 0 Å². The molecule has 0 unspecified atom stereocenters. The van der Waals surface area contributed by atoms with E-state index in [1.807, 2.05) is 19.1 Å². The van der Waals surface area contributed by atoms with Crippen molar-refractivity contribution in [2.75, 3.05) is 11.9 Å². The summed E-state index contributed by atoms with van der Waals surface area (Å²) < 4.78 is 4.95. The van der Waals surface area contributed by atoms with Gasteiger partial charge in [-0.1, -0.05) is 22.0 Å². The van der Waals surface area contributed by atoms with E-state index >= 15 is 0 Å². The lowest BCUT2D eigenvalue weighted by Crippen LogP contribution is -2.03. The fourth-order valence-electron chi connectivity index (χ4n) is 1.12. The van der Waals surface area contributed by atoms with Crippen LogP contribution in [0.2, 0.25) is 0 Å². The molecule has 1 aromatic heterocycles. The minimum atomic E-state index is -0.280. The Morgan fingerprint density at radius 2 is 2.38 bits per heavy atom. The Labute approximate surface area is 108 Å². The lowest BCUT2D eigenvalue weighted by atomic mass is 10.4. The highest BCUT2D eigenvalue weighted by atomic mass is 79.9. The predicted molar refractivity (Wildman–Crippen MR) is 70.3 cm³/mol. The molecule has 16 heavy (non-hydrogen) atoms. The van der Waals surface area contributed by atoms with Gasteiger partial charge in [0.05, 0.1) is 12.3 Å². The van der Waals surface area contributed by atoms with E-state index in [1.54, 1.807) is 6.92 Å². The average Bonchev–Trinajstić information content (AvgIpc) is 2.61. The van der Waals surface area contributed by atoms with Crippen LogP contribution in [0.15, 0.2) is 6.08 Å². The third-order valence-electron chi connectivity index (χ3n) is 1.81. The number of allylic oxidation sites excluding steroid dienone is 1. The van der Waals surface area contributed by atoms with Crippen LogP contribution in [0, 0.1) is 6.92 Å². The van der Waals surface area contributed by atoms with Gasteiger partial charge in [0.2, 0.25) is 0 Å². The Bertz CT molecular complexity index is 387. The molecule has 0 N–H and O–H groups in total. The fraction of sp³-hybridized carbons (Fsp3) is 0.455. The molecular formula is C11H14BrNO2S. The van der Waals surface area contributed by atoms with Gasteiger partial charge in [-0.15, -0.1) is 11.3 Å². The molecule has 0 saturated heterocycles. The standard InChI is InChI=1S/C11H14BrNO2S/c1-3-15-11(14)10-8(2)13-9(16-10)6-4-5-7-12/h4,6H,3,5,7H2,1-2H3. The van der Waals surface area contributed by atoms with Crippen LogP contribution in [0.1, 0.15) is 33.7 Å². The zero-order chi connectivity index (χ0) is 12.0. The van der Waals surface area contributed by atoms with E-state index in [0.717, 1.165) is 22.5 Å². The summed E-state index contributed by atoms with van der Waals surface area (Å²) in [5, 5.41) is 1.78. The molecule has 0 fully saturated rings. The van der Waals surface area contributed by atoms with Crippen molar-refractivity contribution < 1.29 is 9.53 Å². The number of hydrogen-bond donors (Lipinski definition) is 0. The van der Waals surface area contributed by atoms with Crippen LogP contribution in [-0.2, 0) is 4.74 Å². The number of alkyl halides is 1. The van der Waals surface area contributed by atoms with E-state index in [1.165, 1.54) is 11.3 Å². The molecule has 0 bridgehead atoms. The molecule has 5 heteroatoms. The summed E-state index contributed by atoms with van der Waals surface area (Å²) in [6.07, 6.45) is 4.91. The predicted octanol–water partition coefficient (Wildman–Crippen LogP) is 3.43. The summed E-state index contributed by atoms with van der Waals surface area (Å²) in [6.45, 7) is 4.01. The van der Waals surface area contributed by atoms with Gasteiger partial charge in [0.15, 0.2) is 0 Å². The summed E-state index contributed by atoms with van der Waals surface area (Å²) in [4.78, 5) is 16.4. The van der Waals surface area contributed by atoms with Gasteiger partial charge in [-0.25, -0.2) is 9.78 Å². The molecule has 1 rings (SSSR count). The summed E-state index contributed by atoms with van der Waals surface area (Å²) in [5.41, 5.74) is 0.738. The molecule has 0 radical (unpaired) electrons. The van der Waals surface area contributed by atoms with Crippen molar-refractivity contribution in [1.29, 1.82) is 0 Å². The van der Waals surface area contributed by atoms with Crippen LogP contribution in [0.4, 0.5) is 0 Å². The van der Waals surface area contributed by atoms with Crippen LogP contribution >= 0.6 is 27.3 Å².